The summed E-state index contributed by atoms with van der Waals surface area (Å²) in [5.74, 6) is 7.14. The Balaban J connectivity index is 1.30. The van der Waals surface area contributed by atoms with Gasteiger partial charge in [0.25, 0.3) is 0 Å². The van der Waals surface area contributed by atoms with Crippen LogP contribution in [0.1, 0.15) is 35.6 Å². The second-order valence-corrected chi connectivity index (χ2v) is 9.48. The molecular formula is C30H32N4O3. The van der Waals surface area contributed by atoms with Gasteiger partial charge in [-0.1, -0.05) is 30.0 Å². The van der Waals surface area contributed by atoms with E-state index in [9.17, 15) is 9.90 Å². The maximum absolute atomic E-state index is 13.2. The van der Waals surface area contributed by atoms with Crippen molar-refractivity contribution in [3.8, 4) is 17.6 Å². The lowest BCUT2D eigenvalue weighted by Crippen LogP contribution is -2.68. The Morgan fingerprint density at radius 1 is 1.03 bits per heavy atom. The van der Waals surface area contributed by atoms with Gasteiger partial charge in [0, 0.05) is 59.8 Å². The third-order valence-corrected chi connectivity index (χ3v) is 7.25. The first-order valence-corrected chi connectivity index (χ1v) is 12.8. The molecule has 5 rings (SSSR count). The number of ether oxygens (including phenoxy) is 1. The smallest absolute Gasteiger partial charge is 0.321 e. The number of aromatic nitrogens is 1. The summed E-state index contributed by atoms with van der Waals surface area (Å²) in [6.45, 7) is 2.27. The number of benzene rings is 2. The quantitative estimate of drug-likeness (QED) is 0.535. The molecular weight excluding hydrogens is 464 g/mol. The Bertz CT molecular complexity index is 1250. The van der Waals surface area contributed by atoms with E-state index in [4.69, 9.17) is 9.72 Å². The highest BCUT2D eigenvalue weighted by Crippen LogP contribution is 2.41. The number of carbonyl (C=O) groups is 1. The van der Waals surface area contributed by atoms with Crippen LogP contribution in [0.5, 0.6) is 5.75 Å². The van der Waals surface area contributed by atoms with E-state index in [1.807, 2.05) is 71.6 Å². The Kier molecular flexibility index (Phi) is 7.69. The molecule has 190 valence electrons. The summed E-state index contributed by atoms with van der Waals surface area (Å²) in [6, 6.07) is 21.2. The van der Waals surface area contributed by atoms with E-state index >= 15 is 0 Å². The van der Waals surface area contributed by atoms with Crippen molar-refractivity contribution in [1.29, 1.82) is 0 Å². The summed E-state index contributed by atoms with van der Waals surface area (Å²) in [4.78, 5) is 22.1. The predicted molar refractivity (Wildman–Crippen MR) is 144 cm³/mol. The van der Waals surface area contributed by atoms with Crippen LogP contribution in [0.2, 0.25) is 0 Å². The molecule has 3 heterocycles. The maximum atomic E-state index is 13.2. The van der Waals surface area contributed by atoms with Crippen LogP contribution in [0, 0.1) is 11.8 Å². The summed E-state index contributed by atoms with van der Waals surface area (Å²) >= 11 is 0. The summed E-state index contributed by atoms with van der Waals surface area (Å²) in [6.07, 6.45) is 3.71. The fourth-order valence-electron chi connectivity index (χ4n) is 5.29. The molecule has 3 aromatic rings. The maximum Gasteiger partial charge on any atom is 0.321 e. The lowest BCUT2D eigenvalue weighted by Gasteiger charge is -2.56. The number of carbonyl (C=O) groups excluding carboxylic acids is 1. The number of fused-ring (bicyclic) bond motifs is 1. The van der Waals surface area contributed by atoms with Crippen molar-refractivity contribution in [3.05, 3.63) is 89.7 Å². The first kappa shape index (κ1) is 24.8. The molecule has 0 aliphatic carbocycles. The van der Waals surface area contributed by atoms with Crippen LogP contribution >= 0.6 is 0 Å². The van der Waals surface area contributed by atoms with Gasteiger partial charge in [0.2, 0.25) is 0 Å². The second-order valence-electron chi connectivity index (χ2n) is 9.48. The molecule has 2 aliphatic heterocycles. The van der Waals surface area contributed by atoms with Crippen LogP contribution in [-0.2, 0) is 0 Å². The van der Waals surface area contributed by atoms with Crippen molar-refractivity contribution in [2.45, 2.75) is 30.8 Å². The normalized spacial score (nSPS) is 21.4. The molecule has 2 aromatic carbocycles. The van der Waals surface area contributed by atoms with Gasteiger partial charge in [-0.25, -0.2) is 4.79 Å². The molecule has 0 radical (unpaired) electrons. The summed E-state index contributed by atoms with van der Waals surface area (Å²) < 4.78 is 5.21. The number of pyridine rings is 1. The van der Waals surface area contributed by atoms with Gasteiger partial charge in [-0.3, -0.25) is 9.88 Å². The minimum absolute atomic E-state index is 0.00310. The Hall–Kier alpha value is -3.86. The molecule has 37 heavy (non-hydrogen) atoms. The average Bonchev–Trinajstić information content (AvgIpc) is 2.92. The molecule has 0 bridgehead atoms. The van der Waals surface area contributed by atoms with Gasteiger partial charge in [0.1, 0.15) is 5.75 Å². The summed E-state index contributed by atoms with van der Waals surface area (Å²) in [5, 5.41) is 13.2. The molecule has 2 saturated heterocycles. The zero-order valence-electron chi connectivity index (χ0n) is 21.0. The topological polar surface area (TPSA) is 77.9 Å². The van der Waals surface area contributed by atoms with Crippen molar-refractivity contribution >= 4 is 11.7 Å². The van der Waals surface area contributed by atoms with E-state index in [2.05, 4.69) is 22.1 Å². The van der Waals surface area contributed by atoms with Crippen molar-refractivity contribution in [2.24, 2.45) is 0 Å². The van der Waals surface area contributed by atoms with E-state index in [-0.39, 0.29) is 30.6 Å². The number of methoxy groups -OCH3 is 1. The van der Waals surface area contributed by atoms with Gasteiger partial charge in [0.15, 0.2) is 0 Å². The predicted octanol–water partition coefficient (Wildman–Crippen LogP) is 3.95. The minimum atomic E-state index is -0.113. The molecule has 7 nitrogen and oxygen atoms in total. The van der Waals surface area contributed by atoms with Gasteiger partial charge < -0.3 is 20.1 Å². The molecule has 1 unspecified atom stereocenters. The molecule has 0 spiro atoms. The van der Waals surface area contributed by atoms with Gasteiger partial charge in [0.05, 0.1) is 13.7 Å². The highest BCUT2D eigenvalue weighted by Gasteiger charge is 2.50. The number of urea groups is 1. The highest BCUT2D eigenvalue weighted by atomic mass is 16.5. The highest BCUT2D eigenvalue weighted by molar-refractivity contribution is 5.89. The SMILES string of the molecule is COc1ccc(NC(=O)N2CCCCN3C(C2)[C@@H](c2ccc(C#Cc4ccccc4)cn2)[C@H]3CO)cc1. The number of rotatable bonds is 4. The molecule has 2 amide bonds. The molecule has 2 aliphatic rings. The van der Waals surface area contributed by atoms with Crippen LogP contribution in [0.25, 0.3) is 0 Å². The number of aliphatic hydroxyl groups is 1. The van der Waals surface area contributed by atoms with Crippen LogP contribution in [-0.4, -0.2) is 71.4 Å². The zero-order valence-corrected chi connectivity index (χ0v) is 21.0. The number of hydrogen-bond donors (Lipinski definition) is 2. The van der Waals surface area contributed by atoms with E-state index in [1.165, 1.54) is 0 Å². The van der Waals surface area contributed by atoms with E-state index in [0.717, 1.165) is 47.6 Å². The lowest BCUT2D eigenvalue weighted by atomic mass is 9.76. The van der Waals surface area contributed by atoms with Gasteiger partial charge in [-0.2, -0.15) is 0 Å². The van der Waals surface area contributed by atoms with Crippen molar-refractivity contribution in [1.82, 2.24) is 14.8 Å². The fourth-order valence-corrected chi connectivity index (χ4v) is 5.29. The van der Waals surface area contributed by atoms with Crippen LogP contribution in [0.4, 0.5) is 10.5 Å². The number of hydrogen-bond acceptors (Lipinski definition) is 5. The van der Waals surface area contributed by atoms with E-state index in [0.29, 0.717) is 13.1 Å². The first-order valence-electron chi connectivity index (χ1n) is 12.8. The molecule has 2 fully saturated rings. The molecule has 7 heteroatoms. The summed E-state index contributed by atoms with van der Waals surface area (Å²) in [7, 11) is 1.62. The van der Waals surface area contributed by atoms with E-state index in [1.54, 1.807) is 13.3 Å². The third kappa shape index (κ3) is 5.61. The van der Waals surface area contributed by atoms with Crippen LogP contribution < -0.4 is 10.1 Å². The monoisotopic (exact) mass is 496 g/mol. The minimum Gasteiger partial charge on any atom is -0.497 e. The number of aliphatic hydroxyl groups excluding tert-OH is 1. The summed E-state index contributed by atoms with van der Waals surface area (Å²) in [5.41, 5.74) is 3.48. The van der Waals surface area contributed by atoms with Gasteiger partial charge in [-0.05, 0) is 67.9 Å². The van der Waals surface area contributed by atoms with Gasteiger partial charge >= 0.3 is 6.03 Å². The van der Waals surface area contributed by atoms with E-state index < -0.39 is 0 Å². The van der Waals surface area contributed by atoms with Crippen molar-refractivity contribution in [3.63, 3.8) is 0 Å². The second kappa shape index (κ2) is 11.5. The fraction of sp³-hybridized carbons (Fsp3) is 0.333. The first-order chi connectivity index (χ1) is 18.2. The molecule has 0 saturated carbocycles. The zero-order chi connectivity index (χ0) is 25.6. The van der Waals surface area contributed by atoms with Crippen molar-refractivity contribution < 1.29 is 14.6 Å². The molecule has 1 aromatic heterocycles. The average molecular weight is 497 g/mol. The number of amides is 2. The molecule has 3 atom stereocenters. The van der Waals surface area contributed by atoms with Crippen molar-refractivity contribution in [2.75, 3.05) is 38.7 Å². The van der Waals surface area contributed by atoms with Crippen LogP contribution in [0.15, 0.2) is 72.9 Å². The lowest BCUT2D eigenvalue weighted by molar-refractivity contribution is -0.0599. The number of nitrogens with zero attached hydrogens (tertiary/aromatic N) is 3. The van der Waals surface area contributed by atoms with Crippen LogP contribution in [0.3, 0.4) is 0 Å². The third-order valence-electron chi connectivity index (χ3n) is 7.25. The van der Waals surface area contributed by atoms with Gasteiger partial charge in [-0.15, -0.1) is 0 Å². The largest absolute Gasteiger partial charge is 0.497 e. The number of anilines is 1. The number of nitrogens with one attached hydrogen (secondary N) is 1. The Labute approximate surface area is 218 Å². The standard InChI is InChI=1S/C30H32N4O3/c1-37-25-14-12-24(13-15-25)32-30(36)33-17-5-6-18-34-27(20-33)29(28(34)21-35)26-16-11-23(19-31-26)10-9-22-7-3-2-4-8-22/h2-4,7-8,11-16,19,27-29,35H,5-6,17-18,20-21H2,1H3,(H,32,36)/t27?,28-,29-/m1/s1. The Morgan fingerprint density at radius 3 is 2.49 bits per heavy atom. The molecule has 2 N–H and O–H groups in total. The Morgan fingerprint density at radius 2 is 1.78 bits per heavy atom.